The molecule has 0 bridgehead atoms. The van der Waals surface area contributed by atoms with Crippen molar-refractivity contribution < 1.29 is 5.11 Å². The summed E-state index contributed by atoms with van der Waals surface area (Å²) in [7, 11) is 0. The largest absolute Gasteiger partial charge is 0.392 e. The average Bonchev–Trinajstić information content (AvgIpc) is 3.10. The third kappa shape index (κ3) is 6.22. The Bertz CT molecular complexity index is 658. The molecule has 1 fully saturated rings. The zero-order valence-corrected chi connectivity index (χ0v) is 17.1. The Morgan fingerprint density at radius 1 is 1.04 bits per heavy atom. The van der Waals surface area contributed by atoms with E-state index in [1.807, 2.05) is 0 Å². The van der Waals surface area contributed by atoms with Gasteiger partial charge in [0.15, 0.2) is 0 Å². The van der Waals surface area contributed by atoms with E-state index in [0.717, 1.165) is 32.1 Å². The third-order valence-electron chi connectivity index (χ3n) is 5.96. The van der Waals surface area contributed by atoms with Gasteiger partial charge in [0.2, 0.25) is 0 Å². The van der Waals surface area contributed by atoms with Gasteiger partial charge >= 0.3 is 0 Å². The normalized spacial score (nSPS) is 16.9. The molecule has 1 heterocycles. The molecule has 0 spiro atoms. The van der Waals surface area contributed by atoms with Gasteiger partial charge < -0.3 is 9.67 Å². The van der Waals surface area contributed by atoms with Crippen molar-refractivity contribution in [2.75, 3.05) is 13.1 Å². The summed E-state index contributed by atoms with van der Waals surface area (Å²) in [5.41, 5.74) is 2.67. The standard InChI is InChI=1S/C24H36N2O/c1-20(2)24(27)19-25(16-21-10-5-3-6-11-21)18-23-14-9-15-26(23)17-22-12-7-4-8-13-22/h4,7-9,12-15,20-21,24,27H,3,5-6,10-11,16-19H2,1-2H3. The number of nitrogens with zero attached hydrogens (tertiary/aromatic N) is 2. The number of hydrogen-bond acceptors (Lipinski definition) is 2. The number of aromatic nitrogens is 1. The number of rotatable bonds is 9. The predicted molar refractivity (Wildman–Crippen MR) is 113 cm³/mol. The second kappa shape index (κ2) is 10.1. The van der Waals surface area contributed by atoms with E-state index in [2.05, 4.69) is 72.0 Å². The van der Waals surface area contributed by atoms with Crippen molar-refractivity contribution in [3.05, 3.63) is 59.9 Å². The molecule has 1 N–H and O–H groups in total. The van der Waals surface area contributed by atoms with Crippen molar-refractivity contribution in [1.82, 2.24) is 9.47 Å². The van der Waals surface area contributed by atoms with Gasteiger partial charge in [-0.2, -0.15) is 0 Å². The van der Waals surface area contributed by atoms with Crippen LogP contribution in [0.5, 0.6) is 0 Å². The molecular formula is C24H36N2O. The van der Waals surface area contributed by atoms with Crippen LogP contribution >= 0.6 is 0 Å². The van der Waals surface area contributed by atoms with Gasteiger partial charge in [-0.3, -0.25) is 4.90 Å². The van der Waals surface area contributed by atoms with E-state index in [0.29, 0.717) is 5.92 Å². The number of hydrogen-bond donors (Lipinski definition) is 1. The highest BCUT2D eigenvalue weighted by Crippen LogP contribution is 2.25. The number of aliphatic hydroxyl groups excluding tert-OH is 1. The van der Waals surface area contributed by atoms with Crippen LogP contribution in [0.15, 0.2) is 48.7 Å². The molecule has 1 aromatic heterocycles. The lowest BCUT2D eigenvalue weighted by molar-refractivity contribution is 0.0616. The highest BCUT2D eigenvalue weighted by Gasteiger charge is 2.21. The third-order valence-corrected chi connectivity index (χ3v) is 5.96. The maximum Gasteiger partial charge on any atom is 0.0690 e. The monoisotopic (exact) mass is 368 g/mol. The molecule has 3 rings (SSSR count). The minimum Gasteiger partial charge on any atom is -0.392 e. The van der Waals surface area contributed by atoms with Crippen molar-refractivity contribution in [1.29, 1.82) is 0 Å². The summed E-state index contributed by atoms with van der Waals surface area (Å²) in [6, 6.07) is 15.0. The van der Waals surface area contributed by atoms with Crippen LogP contribution in [0.25, 0.3) is 0 Å². The van der Waals surface area contributed by atoms with Crippen molar-refractivity contribution in [3.63, 3.8) is 0 Å². The molecule has 1 atom stereocenters. The van der Waals surface area contributed by atoms with E-state index >= 15 is 0 Å². The first-order chi connectivity index (χ1) is 13.1. The van der Waals surface area contributed by atoms with E-state index in [4.69, 9.17) is 0 Å². The van der Waals surface area contributed by atoms with Crippen molar-refractivity contribution in [3.8, 4) is 0 Å². The van der Waals surface area contributed by atoms with Gasteiger partial charge in [-0.15, -0.1) is 0 Å². The Labute approximate surface area is 165 Å². The molecule has 0 saturated heterocycles. The molecule has 27 heavy (non-hydrogen) atoms. The van der Waals surface area contributed by atoms with Gasteiger partial charge in [-0.25, -0.2) is 0 Å². The van der Waals surface area contributed by atoms with Crippen molar-refractivity contribution in [2.24, 2.45) is 11.8 Å². The lowest BCUT2D eigenvalue weighted by Gasteiger charge is -2.32. The summed E-state index contributed by atoms with van der Waals surface area (Å²) < 4.78 is 2.35. The smallest absolute Gasteiger partial charge is 0.0690 e. The molecule has 1 saturated carbocycles. The molecule has 1 aliphatic rings. The number of benzene rings is 1. The maximum atomic E-state index is 10.5. The van der Waals surface area contributed by atoms with Crippen molar-refractivity contribution >= 4 is 0 Å². The Balaban J connectivity index is 1.68. The van der Waals surface area contributed by atoms with Crippen LogP contribution in [-0.4, -0.2) is 33.8 Å². The van der Waals surface area contributed by atoms with Gasteiger partial charge in [0.25, 0.3) is 0 Å². The van der Waals surface area contributed by atoms with Crippen LogP contribution in [0.1, 0.15) is 57.2 Å². The Morgan fingerprint density at radius 3 is 2.48 bits per heavy atom. The predicted octanol–water partition coefficient (Wildman–Crippen LogP) is 4.94. The molecule has 1 aromatic carbocycles. The fourth-order valence-corrected chi connectivity index (χ4v) is 4.17. The molecule has 0 amide bonds. The molecule has 2 aromatic rings. The van der Waals surface area contributed by atoms with Gasteiger partial charge in [0, 0.05) is 38.1 Å². The first-order valence-electron chi connectivity index (χ1n) is 10.7. The van der Waals surface area contributed by atoms with Crippen LogP contribution in [0.3, 0.4) is 0 Å². The van der Waals surface area contributed by atoms with E-state index in [1.165, 1.54) is 43.4 Å². The average molecular weight is 369 g/mol. The summed E-state index contributed by atoms with van der Waals surface area (Å²) >= 11 is 0. The Kier molecular flexibility index (Phi) is 7.54. The topological polar surface area (TPSA) is 28.4 Å². The molecule has 0 radical (unpaired) electrons. The van der Waals surface area contributed by atoms with E-state index in [-0.39, 0.29) is 6.10 Å². The van der Waals surface area contributed by atoms with E-state index in [9.17, 15) is 5.11 Å². The fraction of sp³-hybridized carbons (Fsp3) is 0.583. The van der Waals surface area contributed by atoms with Crippen LogP contribution in [-0.2, 0) is 13.1 Å². The summed E-state index contributed by atoms with van der Waals surface area (Å²) in [5.74, 6) is 1.09. The lowest BCUT2D eigenvalue weighted by Crippen LogP contribution is -2.38. The highest BCUT2D eigenvalue weighted by atomic mass is 16.3. The quantitative estimate of drug-likeness (QED) is 0.679. The molecule has 1 unspecified atom stereocenters. The Morgan fingerprint density at radius 2 is 1.78 bits per heavy atom. The second-order valence-corrected chi connectivity index (χ2v) is 8.62. The summed E-state index contributed by atoms with van der Waals surface area (Å²) in [6.07, 6.45) is 8.75. The SMILES string of the molecule is CC(C)C(O)CN(Cc1cccn1Cc1ccccc1)CC1CCCCC1. The van der Waals surface area contributed by atoms with Crippen LogP contribution in [0, 0.1) is 11.8 Å². The lowest BCUT2D eigenvalue weighted by atomic mass is 9.88. The van der Waals surface area contributed by atoms with E-state index < -0.39 is 0 Å². The zero-order valence-electron chi connectivity index (χ0n) is 17.1. The summed E-state index contributed by atoms with van der Waals surface area (Å²) in [5, 5.41) is 10.5. The van der Waals surface area contributed by atoms with Crippen molar-refractivity contribution in [2.45, 2.75) is 65.1 Å². The van der Waals surface area contributed by atoms with Gasteiger partial charge in [0.05, 0.1) is 6.10 Å². The number of aliphatic hydroxyl groups is 1. The Hall–Kier alpha value is -1.58. The molecule has 1 aliphatic carbocycles. The minimum absolute atomic E-state index is 0.258. The highest BCUT2D eigenvalue weighted by molar-refractivity contribution is 5.17. The van der Waals surface area contributed by atoms with Gasteiger partial charge in [-0.05, 0) is 42.4 Å². The molecule has 0 aliphatic heterocycles. The molecular weight excluding hydrogens is 332 g/mol. The molecule has 148 valence electrons. The van der Waals surface area contributed by atoms with Gasteiger partial charge in [-0.1, -0.05) is 63.4 Å². The second-order valence-electron chi connectivity index (χ2n) is 8.62. The first kappa shape index (κ1) is 20.2. The molecule has 3 heteroatoms. The van der Waals surface area contributed by atoms with Crippen LogP contribution in [0.2, 0.25) is 0 Å². The fourth-order valence-electron chi connectivity index (χ4n) is 4.17. The zero-order chi connectivity index (χ0) is 19.1. The van der Waals surface area contributed by atoms with Crippen LogP contribution in [0.4, 0.5) is 0 Å². The summed E-state index contributed by atoms with van der Waals surface area (Å²) in [6.45, 7) is 7.93. The first-order valence-corrected chi connectivity index (χ1v) is 10.7. The maximum absolute atomic E-state index is 10.5. The van der Waals surface area contributed by atoms with E-state index in [1.54, 1.807) is 0 Å². The van der Waals surface area contributed by atoms with Crippen LogP contribution < -0.4 is 0 Å². The van der Waals surface area contributed by atoms with Gasteiger partial charge in [0.1, 0.15) is 0 Å². The molecule has 3 nitrogen and oxygen atoms in total. The summed E-state index contributed by atoms with van der Waals surface area (Å²) in [4.78, 5) is 2.50. The minimum atomic E-state index is -0.258.